The number of rotatable bonds is 4. The highest BCUT2D eigenvalue weighted by molar-refractivity contribution is 6.30. The molecule has 182 valence electrons. The summed E-state index contributed by atoms with van der Waals surface area (Å²) in [7, 11) is 0. The number of fused-ring (bicyclic) bond motifs is 2. The average molecular weight is 506 g/mol. The van der Waals surface area contributed by atoms with E-state index < -0.39 is 12.1 Å². The molecule has 2 aliphatic heterocycles. The van der Waals surface area contributed by atoms with E-state index >= 15 is 0 Å². The molecule has 1 aromatic heterocycles. The predicted molar refractivity (Wildman–Crippen MR) is 121 cm³/mol. The van der Waals surface area contributed by atoms with Crippen LogP contribution >= 0.6 is 11.6 Å². The Balaban J connectivity index is 1.19. The Morgan fingerprint density at radius 2 is 1.77 bits per heavy atom. The van der Waals surface area contributed by atoms with Gasteiger partial charge in [-0.25, -0.2) is 0 Å². The number of H-pyrrole nitrogens is 1. The molecule has 0 bridgehead atoms. The highest BCUT2D eigenvalue weighted by Crippen LogP contribution is 2.33. The number of carbonyl (C=O) groups is 2. The van der Waals surface area contributed by atoms with Crippen LogP contribution in [0.3, 0.4) is 0 Å². The van der Waals surface area contributed by atoms with E-state index in [-0.39, 0.29) is 28.7 Å². The summed E-state index contributed by atoms with van der Waals surface area (Å²) in [5.41, 5.74) is 2.22. The molecule has 0 saturated carbocycles. The standard InChI is InChI=1S/C23H19ClF3N5O3/c24-17-5-13(6-18(8-17)35-23(25,26)27)1-4-21(33)31-9-15-11-32(12-16(15)10-31)22(34)14-2-3-19-20(7-14)29-30-28-19/h1-8,15-16H,9-12H2,(H,28,29,30)/t15-,16-/m1/s1. The van der Waals surface area contributed by atoms with E-state index in [4.69, 9.17) is 11.6 Å². The molecule has 5 rings (SSSR count). The van der Waals surface area contributed by atoms with Crippen LogP contribution in [0.15, 0.2) is 42.5 Å². The molecule has 3 heterocycles. The number of alkyl halides is 3. The molecule has 2 aromatic carbocycles. The Hall–Kier alpha value is -3.60. The largest absolute Gasteiger partial charge is 0.573 e. The van der Waals surface area contributed by atoms with Crippen molar-refractivity contribution >= 4 is 40.5 Å². The monoisotopic (exact) mass is 505 g/mol. The van der Waals surface area contributed by atoms with Crippen LogP contribution in [0.4, 0.5) is 13.2 Å². The van der Waals surface area contributed by atoms with Gasteiger partial charge in [-0.3, -0.25) is 14.7 Å². The van der Waals surface area contributed by atoms with Crippen molar-refractivity contribution in [1.82, 2.24) is 25.2 Å². The van der Waals surface area contributed by atoms with Gasteiger partial charge in [0.2, 0.25) is 5.91 Å². The molecular weight excluding hydrogens is 487 g/mol. The quantitative estimate of drug-likeness (QED) is 0.545. The van der Waals surface area contributed by atoms with Crippen molar-refractivity contribution < 1.29 is 27.5 Å². The average Bonchev–Trinajstić information content (AvgIpc) is 3.49. The van der Waals surface area contributed by atoms with E-state index in [1.54, 1.807) is 28.0 Å². The molecule has 0 spiro atoms. The van der Waals surface area contributed by atoms with Crippen LogP contribution < -0.4 is 4.74 Å². The zero-order valence-electron chi connectivity index (χ0n) is 18.1. The number of hydrogen-bond donors (Lipinski definition) is 1. The molecule has 0 aliphatic carbocycles. The fourth-order valence-corrected chi connectivity index (χ4v) is 4.88. The molecule has 35 heavy (non-hydrogen) atoms. The number of aromatic nitrogens is 3. The maximum Gasteiger partial charge on any atom is 0.573 e. The SMILES string of the molecule is O=C(C=Cc1cc(Cl)cc(OC(F)(F)F)c1)N1C[C@@H]2CN(C(=O)c3ccc4[nH]nnc4c3)C[C@H]2C1. The number of carbonyl (C=O) groups excluding carboxylic acids is 2. The second kappa shape index (κ2) is 8.88. The van der Waals surface area contributed by atoms with Gasteiger partial charge in [0.25, 0.3) is 5.91 Å². The third-order valence-electron chi connectivity index (χ3n) is 6.20. The van der Waals surface area contributed by atoms with Crippen LogP contribution in [-0.2, 0) is 4.79 Å². The lowest BCUT2D eigenvalue weighted by molar-refractivity contribution is -0.274. The number of benzene rings is 2. The third kappa shape index (κ3) is 5.09. The van der Waals surface area contributed by atoms with Crippen LogP contribution in [0, 0.1) is 11.8 Å². The fraction of sp³-hybridized carbons (Fsp3) is 0.304. The van der Waals surface area contributed by atoms with Gasteiger partial charge in [-0.05, 0) is 48.0 Å². The van der Waals surface area contributed by atoms with Crippen LogP contribution in [-0.4, -0.2) is 69.6 Å². The lowest BCUT2D eigenvalue weighted by Gasteiger charge is -2.21. The first-order chi connectivity index (χ1) is 16.6. The van der Waals surface area contributed by atoms with Crippen molar-refractivity contribution in [2.24, 2.45) is 11.8 Å². The molecule has 2 amide bonds. The summed E-state index contributed by atoms with van der Waals surface area (Å²) >= 11 is 5.88. The third-order valence-corrected chi connectivity index (χ3v) is 6.42. The van der Waals surface area contributed by atoms with Gasteiger partial charge in [0.15, 0.2) is 0 Å². The van der Waals surface area contributed by atoms with Crippen LogP contribution in [0.1, 0.15) is 15.9 Å². The normalized spacial score (nSPS) is 20.1. The van der Waals surface area contributed by atoms with Gasteiger partial charge in [-0.15, -0.1) is 18.3 Å². The summed E-state index contributed by atoms with van der Waals surface area (Å²) in [5.74, 6) is -0.484. The Morgan fingerprint density at radius 1 is 1.06 bits per heavy atom. The van der Waals surface area contributed by atoms with E-state index in [1.165, 1.54) is 18.2 Å². The van der Waals surface area contributed by atoms with Gasteiger partial charge in [-0.2, -0.15) is 0 Å². The van der Waals surface area contributed by atoms with Gasteiger partial charge in [0.05, 0.1) is 5.52 Å². The summed E-state index contributed by atoms with van der Waals surface area (Å²) in [6.45, 7) is 2.08. The number of likely N-dealkylation sites (tertiary alicyclic amines) is 2. The fourth-order valence-electron chi connectivity index (χ4n) is 4.64. The first-order valence-electron chi connectivity index (χ1n) is 10.8. The molecule has 8 nitrogen and oxygen atoms in total. The van der Waals surface area contributed by atoms with E-state index in [0.29, 0.717) is 42.8 Å². The summed E-state index contributed by atoms with van der Waals surface area (Å²) in [6, 6.07) is 8.85. The molecule has 2 saturated heterocycles. The summed E-state index contributed by atoms with van der Waals surface area (Å²) < 4.78 is 41.4. The van der Waals surface area contributed by atoms with E-state index in [1.807, 2.05) is 0 Å². The highest BCUT2D eigenvalue weighted by atomic mass is 35.5. The van der Waals surface area contributed by atoms with E-state index in [9.17, 15) is 22.8 Å². The summed E-state index contributed by atoms with van der Waals surface area (Å²) in [6.07, 6.45) is -2.13. The predicted octanol–water partition coefficient (Wildman–Crippen LogP) is 3.75. The Morgan fingerprint density at radius 3 is 2.49 bits per heavy atom. The molecule has 3 aromatic rings. The molecular formula is C23H19ClF3N5O3. The van der Waals surface area contributed by atoms with Crippen molar-refractivity contribution in [3.8, 4) is 5.75 Å². The smallest absolute Gasteiger partial charge is 0.406 e. The number of nitrogens with one attached hydrogen (secondary N) is 1. The Labute approximate surface area is 202 Å². The van der Waals surface area contributed by atoms with Gasteiger partial charge in [0, 0.05) is 54.7 Å². The minimum Gasteiger partial charge on any atom is -0.406 e. The lowest BCUT2D eigenvalue weighted by atomic mass is 10.0. The lowest BCUT2D eigenvalue weighted by Crippen LogP contribution is -2.35. The number of aromatic amines is 1. The molecule has 2 atom stereocenters. The number of hydrogen-bond acceptors (Lipinski definition) is 5. The number of ether oxygens (including phenoxy) is 1. The molecule has 2 fully saturated rings. The van der Waals surface area contributed by atoms with Crippen molar-refractivity contribution in [2.75, 3.05) is 26.2 Å². The highest BCUT2D eigenvalue weighted by Gasteiger charge is 2.42. The topological polar surface area (TPSA) is 91.4 Å². The molecule has 0 unspecified atom stereocenters. The van der Waals surface area contributed by atoms with Gasteiger partial charge < -0.3 is 14.5 Å². The van der Waals surface area contributed by atoms with Crippen LogP contribution in [0.2, 0.25) is 5.02 Å². The minimum absolute atomic E-state index is 0.0574. The Bertz CT molecular complexity index is 1310. The Kier molecular flexibility index (Phi) is 5.87. The number of nitrogens with zero attached hydrogens (tertiary/aromatic N) is 4. The van der Waals surface area contributed by atoms with Crippen molar-refractivity contribution in [1.29, 1.82) is 0 Å². The zero-order valence-corrected chi connectivity index (χ0v) is 18.9. The van der Waals surface area contributed by atoms with Crippen molar-refractivity contribution in [3.05, 3.63) is 58.6 Å². The summed E-state index contributed by atoms with van der Waals surface area (Å²) in [4.78, 5) is 29.1. The molecule has 12 heteroatoms. The first-order valence-corrected chi connectivity index (χ1v) is 11.2. The van der Waals surface area contributed by atoms with Crippen molar-refractivity contribution in [2.45, 2.75) is 6.36 Å². The summed E-state index contributed by atoms with van der Waals surface area (Å²) in [5, 5.41) is 10.5. The van der Waals surface area contributed by atoms with E-state index in [0.717, 1.165) is 17.6 Å². The first kappa shape index (κ1) is 23.2. The van der Waals surface area contributed by atoms with Crippen LogP contribution in [0.5, 0.6) is 5.75 Å². The van der Waals surface area contributed by atoms with Gasteiger partial charge in [0.1, 0.15) is 11.3 Å². The number of halogens is 4. The molecule has 1 N–H and O–H groups in total. The minimum atomic E-state index is -4.84. The molecule has 2 aliphatic rings. The maximum atomic E-state index is 12.9. The van der Waals surface area contributed by atoms with Crippen LogP contribution in [0.25, 0.3) is 17.1 Å². The number of amides is 2. The van der Waals surface area contributed by atoms with Gasteiger partial charge >= 0.3 is 6.36 Å². The maximum absolute atomic E-state index is 12.9. The van der Waals surface area contributed by atoms with Gasteiger partial charge in [-0.1, -0.05) is 16.8 Å². The zero-order chi connectivity index (χ0) is 24.7. The second-order valence-corrected chi connectivity index (χ2v) is 9.06. The second-order valence-electron chi connectivity index (χ2n) is 8.62. The molecule has 0 radical (unpaired) electrons. The van der Waals surface area contributed by atoms with Crippen molar-refractivity contribution in [3.63, 3.8) is 0 Å². The van der Waals surface area contributed by atoms with E-state index in [2.05, 4.69) is 20.1 Å².